The van der Waals surface area contributed by atoms with E-state index in [0.717, 1.165) is 11.1 Å². The number of hydrogen-bond acceptors (Lipinski definition) is 1. The van der Waals surface area contributed by atoms with Gasteiger partial charge in [0.15, 0.2) is 0 Å². The summed E-state index contributed by atoms with van der Waals surface area (Å²) in [5, 5.41) is 9.01. The summed E-state index contributed by atoms with van der Waals surface area (Å²) in [6.45, 7) is 3.68. The molecular weight excluding hydrogens is 112 g/mol. The van der Waals surface area contributed by atoms with Crippen LogP contribution in [-0.2, 0) is 0 Å². The molecule has 0 radical (unpaired) electrons. The van der Waals surface area contributed by atoms with E-state index in [-0.39, 0.29) is 0 Å². The van der Waals surface area contributed by atoms with Crippen LogP contribution in [0, 0.1) is 0 Å². The predicted molar refractivity (Wildman–Crippen MR) is 38.2 cm³/mol. The molecule has 0 amide bonds. The molecule has 0 spiro atoms. The lowest BCUT2D eigenvalue weighted by atomic mass is 10.1. The summed E-state index contributed by atoms with van der Waals surface area (Å²) < 4.78 is 0. The predicted octanol–water partition coefficient (Wildman–Crippen LogP) is 2.33. The monoisotopic (exact) mass is 122 g/mol. The first-order valence-corrected chi connectivity index (χ1v) is 2.97. The summed E-state index contributed by atoms with van der Waals surface area (Å²) in [5.41, 5.74) is 2.09. The quantitative estimate of drug-likeness (QED) is 0.489. The van der Waals surface area contributed by atoms with Gasteiger partial charge in [-0.05, 0) is 19.4 Å². The Bertz CT molecular complexity index is 203. The minimum atomic E-state index is 0.400. The minimum absolute atomic E-state index is 0.400. The summed E-state index contributed by atoms with van der Waals surface area (Å²) in [6.07, 6.45) is 5.82. The number of aliphatic hydroxyl groups excluding tert-OH is 1. The van der Waals surface area contributed by atoms with Crippen molar-refractivity contribution in [3.8, 4) is 0 Å². The van der Waals surface area contributed by atoms with Crippen LogP contribution in [0.5, 0.6) is 0 Å². The third-order valence-electron chi connectivity index (χ3n) is 1.42. The Morgan fingerprint density at radius 2 is 2.22 bits per heavy atom. The van der Waals surface area contributed by atoms with Gasteiger partial charge in [-0.25, -0.2) is 0 Å². The molecule has 0 aromatic carbocycles. The van der Waals surface area contributed by atoms with Crippen molar-refractivity contribution in [2.24, 2.45) is 0 Å². The maximum Gasteiger partial charge on any atom is 0.0966 e. The molecule has 0 aliphatic heterocycles. The average molecular weight is 122 g/mol. The Balaban J connectivity index is 3.00. The molecule has 0 saturated carbocycles. The zero-order chi connectivity index (χ0) is 6.85. The molecule has 1 N–H and O–H groups in total. The van der Waals surface area contributed by atoms with Gasteiger partial charge in [-0.15, -0.1) is 0 Å². The highest BCUT2D eigenvalue weighted by atomic mass is 16.3. The van der Waals surface area contributed by atoms with E-state index in [1.54, 1.807) is 6.92 Å². The smallest absolute Gasteiger partial charge is 0.0966 e. The summed E-state index contributed by atoms with van der Waals surface area (Å²) in [5.74, 6) is 0.400. The normalized spacial score (nSPS) is 22.2. The summed E-state index contributed by atoms with van der Waals surface area (Å²) in [4.78, 5) is 0. The van der Waals surface area contributed by atoms with Crippen molar-refractivity contribution >= 4 is 0 Å². The summed E-state index contributed by atoms with van der Waals surface area (Å²) in [7, 11) is 0. The number of allylic oxidation sites excluding steroid dienone is 6. The van der Waals surface area contributed by atoms with Gasteiger partial charge in [0.2, 0.25) is 0 Å². The molecule has 0 aromatic rings. The van der Waals surface area contributed by atoms with E-state index >= 15 is 0 Å². The molecule has 0 saturated heterocycles. The van der Waals surface area contributed by atoms with Crippen LogP contribution in [0.3, 0.4) is 0 Å². The Morgan fingerprint density at radius 1 is 1.56 bits per heavy atom. The Morgan fingerprint density at radius 3 is 2.44 bits per heavy atom. The first kappa shape index (κ1) is 6.14. The molecule has 0 bridgehead atoms. The lowest BCUT2D eigenvalue weighted by Gasteiger charge is -1.96. The lowest BCUT2D eigenvalue weighted by molar-refractivity contribution is 0.410. The van der Waals surface area contributed by atoms with E-state index in [1.807, 2.05) is 25.2 Å². The van der Waals surface area contributed by atoms with Crippen molar-refractivity contribution in [2.45, 2.75) is 13.8 Å². The number of hydrogen-bond donors (Lipinski definition) is 1. The first-order chi connectivity index (χ1) is 4.22. The highest BCUT2D eigenvalue weighted by Crippen LogP contribution is 2.19. The van der Waals surface area contributed by atoms with Crippen LogP contribution in [0.1, 0.15) is 13.8 Å². The van der Waals surface area contributed by atoms with Gasteiger partial charge in [0, 0.05) is 5.57 Å². The molecular formula is C8H10O. The molecule has 0 fully saturated rings. The average Bonchev–Trinajstić information content (AvgIpc) is 2.13. The lowest BCUT2D eigenvalue weighted by Crippen LogP contribution is -1.81. The molecule has 0 unspecified atom stereocenters. The van der Waals surface area contributed by atoms with Crippen molar-refractivity contribution in [3.63, 3.8) is 0 Å². The molecule has 1 heteroatoms. The zero-order valence-corrected chi connectivity index (χ0v) is 5.68. The molecule has 1 rings (SSSR count). The fourth-order valence-electron chi connectivity index (χ4n) is 0.916. The molecule has 0 aromatic heterocycles. The van der Waals surface area contributed by atoms with Crippen LogP contribution in [0.2, 0.25) is 0 Å². The second-order valence-corrected chi connectivity index (χ2v) is 2.21. The molecule has 1 nitrogen and oxygen atoms in total. The van der Waals surface area contributed by atoms with Gasteiger partial charge in [0.05, 0.1) is 5.76 Å². The van der Waals surface area contributed by atoms with Crippen molar-refractivity contribution in [1.82, 2.24) is 0 Å². The first-order valence-electron chi connectivity index (χ1n) is 2.97. The van der Waals surface area contributed by atoms with Gasteiger partial charge in [-0.1, -0.05) is 18.2 Å². The largest absolute Gasteiger partial charge is 0.512 e. The second kappa shape index (κ2) is 2.09. The highest BCUT2D eigenvalue weighted by molar-refractivity contribution is 5.47. The van der Waals surface area contributed by atoms with Gasteiger partial charge in [0.25, 0.3) is 0 Å². The third kappa shape index (κ3) is 1.04. The van der Waals surface area contributed by atoms with Gasteiger partial charge in [-0.2, -0.15) is 0 Å². The fourth-order valence-corrected chi connectivity index (χ4v) is 0.916. The summed E-state index contributed by atoms with van der Waals surface area (Å²) >= 11 is 0. The van der Waals surface area contributed by atoms with E-state index in [0.29, 0.717) is 5.76 Å². The van der Waals surface area contributed by atoms with Crippen molar-refractivity contribution in [3.05, 3.63) is 35.1 Å². The van der Waals surface area contributed by atoms with Crippen molar-refractivity contribution in [2.75, 3.05) is 0 Å². The molecule has 1 aliphatic rings. The van der Waals surface area contributed by atoms with Gasteiger partial charge in [-0.3, -0.25) is 0 Å². The van der Waals surface area contributed by atoms with Gasteiger partial charge >= 0.3 is 0 Å². The van der Waals surface area contributed by atoms with Crippen LogP contribution in [0.25, 0.3) is 0 Å². The third-order valence-corrected chi connectivity index (χ3v) is 1.42. The zero-order valence-electron chi connectivity index (χ0n) is 5.68. The van der Waals surface area contributed by atoms with Gasteiger partial charge in [0.1, 0.15) is 0 Å². The Labute approximate surface area is 55.0 Å². The van der Waals surface area contributed by atoms with E-state index in [1.165, 1.54) is 0 Å². The fraction of sp³-hybridized carbons (Fsp3) is 0.250. The van der Waals surface area contributed by atoms with Crippen LogP contribution in [0.15, 0.2) is 35.1 Å². The molecule has 9 heavy (non-hydrogen) atoms. The van der Waals surface area contributed by atoms with Crippen molar-refractivity contribution < 1.29 is 5.11 Å². The van der Waals surface area contributed by atoms with Crippen LogP contribution < -0.4 is 0 Å². The second-order valence-electron chi connectivity index (χ2n) is 2.21. The Kier molecular flexibility index (Phi) is 1.43. The van der Waals surface area contributed by atoms with Crippen molar-refractivity contribution in [1.29, 1.82) is 0 Å². The van der Waals surface area contributed by atoms with E-state index in [4.69, 9.17) is 5.11 Å². The molecule has 1 aliphatic carbocycles. The maximum absolute atomic E-state index is 9.01. The standard InChI is InChI=1S/C8H10O/c1-6-4-3-5-8(6)7(2)9/h3-5,9H,1-2H3. The molecule has 0 heterocycles. The number of aliphatic hydroxyl groups is 1. The van der Waals surface area contributed by atoms with Crippen LogP contribution >= 0.6 is 0 Å². The number of rotatable bonds is 0. The van der Waals surface area contributed by atoms with E-state index < -0.39 is 0 Å². The minimum Gasteiger partial charge on any atom is -0.512 e. The summed E-state index contributed by atoms with van der Waals surface area (Å²) in [6, 6.07) is 0. The van der Waals surface area contributed by atoms with E-state index in [9.17, 15) is 0 Å². The van der Waals surface area contributed by atoms with E-state index in [2.05, 4.69) is 0 Å². The van der Waals surface area contributed by atoms with Crippen LogP contribution in [0.4, 0.5) is 0 Å². The van der Waals surface area contributed by atoms with Gasteiger partial charge < -0.3 is 5.11 Å². The maximum atomic E-state index is 9.01. The molecule has 48 valence electrons. The Hall–Kier alpha value is -0.980. The molecule has 0 atom stereocenters. The van der Waals surface area contributed by atoms with Crippen LogP contribution in [-0.4, -0.2) is 5.11 Å². The SMILES string of the molecule is CC1=CC=CC1=C(C)O. The topological polar surface area (TPSA) is 20.2 Å². The highest BCUT2D eigenvalue weighted by Gasteiger charge is 2.02.